The molecule has 154 valence electrons. The molecule has 0 saturated heterocycles. The van der Waals surface area contributed by atoms with Gasteiger partial charge in [0.15, 0.2) is 11.5 Å². The van der Waals surface area contributed by atoms with E-state index >= 15 is 0 Å². The van der Waals surface area contributed by atoms with E-state index in [1.54, 1.807) is 18.4 Å². The van der Waals surface area contributed by atoms with Crippen LogP contribution in [0.4, 0.5) is 0 Å². The minimum atomic E-state index is -0.173. The quantitative estimate of drug-likeness (QED) is 0.557. The normalized spacial score (nSPS) is 12.0. The summed E-state index contributed by atoms with van der Waals surface area (Å²) in [5.74, 6) is 2.23. The first-order chi connectivity index (χ1) is 14.0. The smallest absolute Gasteiger partial charge is 0.227 e. The zero-order valence-corrected chi connectivity index (χ0v) is 17.8. The number of hydrogen-bond donors (Lipinski definition) is 1. The third-order valence-corrected chi connectivity index (χ3v) is 4.92. The molecule has 3 rings (SSSR count). The van der Waals surface area contributed by atoms with Crippen LogP contribution in [0.2, 0.25) is 0 Å². The SMILES string of the molecule is COc1cc(C(C)NC(=O)CCc2nc(-c3ccsc3)no2)ccc1OC(C)C. The number of carbonyl (C=O) groups is 1. The van der Waals surface area contributed by atoms with Gasteiger partial charge in [0.25, 0.3) is 0 Å². The first-order valence-electron chi connectivity index (χ1n) is 9.45. The van der Waals surface area contributed by atoms with Gasteiger partial charge in [-0.25, -0.2) is 0 Å². The second-order valence-corrected chi connectivity index (χ2v) is 7.67. The van der Waals surface area contributed by atoms with Gasteiger partial charge in [0.1, 0.15) is 0 Å². The highest BCUT2D eigenvalue weighted by Crippen LogP contribution is 2.31. The maximum absolute atomic E-state index is 12.3. The predicted octanol–water partition coefficient (Wildman–Crippen LogP) is 4.40. The summed E-state index contributed by atoms with van der Waals surface area (Å²) in [7, 11) is 1.60. The Hall–Kier alpha value is -2.87. The number of nitrogens with one attached hydrogen (secondary N) is 1. The molecule has 0 aliphatic rings. The number of nitrogens with zero attached hydrogens (tertiary/aromatic N) is 2. The molecule has 0 aliphatic carbocycles. The molecule has 0 radical (unpaired) electrons. The van der Waals surface area contributed by atoms with Crippen LogP contribution in [0.5, 0.6) is 11.5 Å². The summed E-state index contributed by atoms with van der Waals surface area (Å²) in [5.41, 5.74) is 1.85. The van der Waals surface area contributed by atoms with Crippen molar-refractivity contribution in [2.75, 3.05) is 7.11 Å². The number of benzene rings is 1. The van der Waals surface area contributed by atoms with Crippen molar-refractivity contribution in [1.29, 1.82) is 0 Å². The molecule has 0 spiro atoms. The first-order valence-corrected chi connectivity index (χ1v) is 10.4. The summed E-state index contributed by atoms with van der Waals surface area (Å²) >= 11 is 1.57. The summed E-state index contributed by atoms with van der Waals surface area (Å²) in [6.45, 7) is 5.85. The largest absolute Gasteiger partial charge is 0.493 e. The molecule has 2 aromatic heterocycles. The zero-order valence-electron chi connectivity index (χ0n) is 17.0. The lowest BCUT2D eigenvalue weighted by Crippen LogP contribution is -2.26. The Morgan fingerprint density at radius 1 is 1.24 bits per heavy atom. The van der Waals surface area contributed by atoms with Gasteiger partial charge in [0, 0.05) is 23.8 Å². The number of rotatable bonds is 9. The third kappa shape index (κ3) is 5.57. The molecule has 0 saturated carbocycles. The zero-order chi connectivity index (χ0) is 20.8. The molecule has 0 bridgehead atoms. The fraction of sp³-hybridized carbons (Fsp3) is 0.381. The molecule has 2 heterocycles. The summed E-state index contributed by atoms with van der Waals surface area (Å²) in [5, 5.41) is 10.9. The van der Waals surface area contributed by atoms with E-state index in [9.17, 15) is 4.79 Å². The van der Waals surface area contributed by atoms with Crippen molar-refractivity contribution >= 4 is 17.2 Å². The lowest BCUT2D eigenvalue weighted by molar-refractivity contribution is -0.121. The number of hydrogen-bond acceptors (Lipinski definition) is 7. The Balaban J connectivity index is 1.55. The molecule has 1 atom stereocenters. The van der Waals surface area contributed by atoms with Crippen LogP contribution in [0.3, 0.4) is 0 Å². The molecule has 0 fully saturated rings. The summed E-state index contributed by atoms with van der Waals surface area (Å²) in [6.07, 6.45) is 0.707. The van der Waals surface area contributed by atoms with Crippen LogP contribution in [-0.4, -0.2) is 29.3 Å². The molecule has 29 heavy (non-hydrogen) atoms. The highest BCUT2D eigenvalue weighted by atomic mass is 32.1. The van der Waals surface area contributed by atoms with E-state index in [4.69, 9.17) is 14.0 Å². The molecule has 7 nitrogen and oxygen atoms in total. The van der Waals surface area contributed by atoms with E-state index < -0.39 is 0 Å². The Kier molecular flexibility index (Phi) is 6.87. The second kappa shape index (κ2) is 9.56. The number of amides is 1. The Morgan fingerprint density at radius 3 is 2.76 bits per heavy atom. The van der Waals surface area contributed by atoms with Gasteiger partial charge >= 0.3 is 0 Å². The lowest BCUT2D eigenvalue weighted by atomic mass is 10.1. The number of aryl methyl sites for hydroxylation is 1. The van der Waals surface area contributed by atoms with Crippen molar-refractivity contribution < 1.29 is 18.8 Å². The van der Waals surface area contributed by atoms with Gasteiger partial charge in [0.05, 0.1) is 19.3 Å². The molecular formula is C21H25N3O4S. The van der Waals surface area contributed by atoms with Gasteiger partial charge in [-0.2, -0.15) is 16.3 Å². The Labute approximate surface area is 174 Å². The maximum Gasteiger partial charge on any atom is 0.227 e. The average Bonchev–Trinajstić information content (AvgIpc) is 3.37. The Morgan fingerprint density at radius 2 is 2.07 bits per heavy atom. The minimum absolute atomic E-state index is 0.0526. The summed E-state index contributed by atoms with van der Waals surface area (Å²) < 4.78 is 16.4. The van der Waals surface area contributed by atoms with E-state index in [0.29, 0.717) is 29.6 Å². The van der Waals surface area contributed by atoms with E-state index in [2.05, 4.69) is 15.5 Å². The molecule has 1 aromatic carbocycles. The number of thiophene rings is 1. The second-order valence-electron chi connectivity index (χ2n) is 6.89. The molecule has 3 aromatic rings. The molecular weight excluding hydrogens is 390 g/mol. The van der Waals surface area contributed by atoms with E-state index in [1.807, 2.05) is 55.8 Å². The van der Waals surface area contributed by atoms with Gasteiger partial charge in [-0.1, -0.05) is 11.2 Å². The van der Waals surface area contributed by atoms with E-state index in [1.165, 1.54) is 0 Å². The van der Waals surface area contributed by atoms with Crippen LogP contribution in [-0.2, 0) is 11.2 Å². The van der Waals surface area contributed by atoms with Gasteiger partial charge in [0.2, 0.25) is 17.6 Å². The van der Waals surface area contributed by atoms with Gasteiger partial charge < -0.3 is 19.3 Å². The highest BCUT2D eigenvalue weighted by molar-refractivity contribution is 7.08. The number of aromatic nitrogens is 2. The highest BCUT2D eigenvalue weighted by Gasteiger charge is 2.15. The Bertz CT molecular complexity index is 937. The fourth-order valence-corrected chi connectivity index (χ4v) is 3.42. The van der Waals surface area contributed by atoms with Crippen LogP contribution in [0.15, 0.2) is 39.5 Å². The van der Waals surface area contributed by atoms with E-state index in [0.717, 1.165) is 11.1 Å². The van der Waals surface area contributed by atoms with Gasteiger partial charge in [-0.3, -0.25) is 4.79 Å². The fourth-order valence-electron chi connectivity index (χ4n) is 2.79. The van der Waals surface area contributed by atoms with Crippen LogP contribution in [0.1, 0.15) is 44.7 Å². The van der Waals surface area contributed by atoms with Gasteiger partial charge in [-0.15, -0.1) is 0 Å². The molecule has 0 aliphatic heterocycles. The molecule has 1 N–H and O–H groups in total. The van der Waals surface area contributed by atoms with Crippen LogP contribution < -0.4 is 14.8 Å². The third-order valence-electron chi connectivity index (χ3n) is 4.24. The number of carbonyl (C=O) groups excluding carboxylic acids is 1. The van der Waals surface area contributed by atoms with Crippen molar-refractivity contribution in [1.82, 2.24) is 15.5 Å². The lowest BCUT2D eigenvalue weighted by Gasteiger charge is -2.18. The summed E-state index contributed by atoms with van der Waals surface area (Å²) in [4.78, 5) is 16.7. The van der Waals surface area contributed by atoms with Crippen molar-refractivity contribution in [3.05, 3.63) is 46.5 Å². The van der Waals surface area contributed by atoms with Crippen LogP contribution in [0.25, 0.3) is 11.4 Å². The summed E-state index contributed by atoms with van der Waals surface area (Å²) in [6, 6.07) is 7.43. The number of ether oxygens (including phenoxy) is 2. The van der Waals surface area contributed by atoms with Gasteiger partial charge in [-0.05, 0) is 49.9 Å². The minimum Gasteiger partial charge on any atom is -0.493 e. The maximum atomic E-state index is 12.3. The van der Waals surface area contributed by atoms with E-state index in [-0.39, 0.29) is 24.5 Å². The topological polar surface area (TPSA) is 86.5 Å². The standard InChI is InChI=1S/C21H25N3O4S/c1-13(2)27-17-6-5-15(11-18(17)26-4)14(3)22-19(25)7-8-20-23-21(24-28-20)16-9-10-29-12-16/h5-6,9-14H,7-8H2,1-4H3,(H,22,25). The van der Waals surface area contributed by atoms with Crippen molar-refractivity contribution in [2.45, 2.75) is 45.8 Å². The first kappa shape index (κ1) is 20.9. The molecule has 1 unspecified atom stereocenters. The van der Waals surface area contributed by atoms with Crippen LogP contribution in [0, 0.1) is 0 Å². The molecule has 8 heteroatoms. The van der Waals surface area contributed by atoms with Crippen molar-refractivity contribution in [3.8, 4) is 22.9 Å². The molecule has 1 amide bonds. The van der Waals surface area contributed by atoms with Crippen molar-refractivity contribution in [2.24, 2.45) is 0 Å². The number of methoxy groups -OCH3 is 1. The van der Waals surface area contributed by atoms with Crippen molar-refractivity contribution in [3.63, 3.8) is 0 Å². The average molecular weight is 416 g/mol. The predicted molar refractivity (Wildman–Crippen MR) is 111 cm³/mol. The van der Waals surface area contributed by atoms with Crippen LogP contribution >= 0.6 is 11.3 Å². The monoisotopic (exact) mass is 415 g/mol.